The van der Waals surface area contributed by atoms with Crippen LogP contribution in [0.4, 0.5) is 0 Å². The Morgan fingerprint density at radius 2 is 1.97 bits per heavy atom. The summed E-state index contributed by atoms with van der Waals surface area (Å²) in [6.07, 6.45) is 5.21. The normalized spacial score (nSPS) is 19.9. The van der Waals surface area contributed by atoms with E-state index in [1.165, 1.54) is 18.2 Å². The minimum atomic E-state index is -1.15. The number of hydrogen-bond acceptors (Lipinski definition) is 5. The second kappa shape index (κ2) is 10.9. The number of rotatable bonds is 10. The van der Waals surface area contributed by atoms with E-state index in [2.05, 4.69) is 20.6 Å². The average molecular weight is 436 g/mol. The highest BCUT2D eigenvalue weighted by Crippen LogP contribution is 2.21. The fourth-order valence-corrected chi connectivity index (χ4v) is 3.61. The molecule has 2 heterocycles. The van der Waals surface area contributed by atoms with Crippen molar-refractivity contribution in [2.45, 2.75) is 71.5 Å². The zero-order valence-electron chi connectivity index (χ0n) is 18.6. The fourth-order valence-electron chi connectivity index (χ4n) is 3.61. The number of nitrogens with zero attached hydrogens (tertiary/aromatic N) is 2. The predicted octanol–water partition coefficient (Wildman–Crippen LogP) is 0.700. The van der Waals surface area contributed by atoms with Crippen LogP contribution in [0.3, 0.4) is 0 Å². The number of nitrogens with one attached hydrogen (secondary N) is 3. The van der Waals surface area contributed by atoms with E-state index < -0.39 is 30.0 Å². The van der Waals surface area contributed by atoms with Gasteiger partial charge < -0.3 is 25.6 Å². The van der Waals surface area contributed by atoms with Crippen molar-refractivity contribution in [3.63, 3.8) is 0 Å². The molecule has 172 valence electrons. The summed E-state index contributed by atoms with van der Waals surface area (Å²) in [6.45, 7) is 7.57. The molecule has 4 N–H and O–H groups in total. The van der Waals surface area contributed by atoms with Gasteiger partial charge in [0.05, 0.1) is 6.33 Å². The molecule has 0 bridgehead atoms. The van der Waals surface area contributed by atoms with Crippen molar-refractivity contribution >= 4 is 23.7 Å². The second-order valence-corrected chi connectivity index (χ2v) is 8.27. The monoisotopic (exact) mass is 435 g/mol. The van der Waals surface area contributed by atoms with E-state index in [9.17, 15) is 19.2 Å². The minimum absolute atomic E-state index is 0.158. The molecule has 5 atom stereocenters. The number of imidazole rings is 1. The lowest BCUT2D eigenvalue weighted by Gasteiger charge is -2.30. The molecule has 10 nitrogen and oxygen atoms in total. The van der Waals surface area contributed by atoms with Crippen molar-refractivity contribution in [1.82, 2.24) is 25.5 Å². The van der Waals surface area contributed by atoms with Crippen molar-refractivity contribution in [2.24, 2.45) is 11.8 Å². The van der Waals surface area contributed by atoms with Crippen LogP contribution in [0.5, 0.6) is 0 Å². The van der Waals surface area contributed by atoms with Gasteiger partial charge in [0.1, 0.15) is 18.1 Å². The Balaban J connectivity index is 2.17. The van der Waals surface area contributed by atoms with Crippen molar-refractivity contribution < 1.29 is 24.3 Å². The first-order valence-corrected chi connectivity index (χ1v) is 10.8. The smallest absolute Gasteiger partial charge is 0.325 e. The molecule has 3 amide bonds. The quantitative estimate of drug-likeness (QED) is 0.426. The molecular formula is C21H33N5O5. The van der Waals surface area contributed by atoms with Gasteiger partial charge in [-0.2, -0.15) is 0 Å². The molecule has 1 unspecified atom stereocenters. The van der Waals surface area contributed by atoms with Gasteiger partial charge in [-0.15, -0.1) is 0 Å². The molecule has 2 rings (SSSR count). The number of aliphatic carboxylic acids is 1. The average Bonchev–Trinajstić information content (AvgIpc) is 3.43. The van der Waals surface area contributed by atoms with Crippen LogP contribution < -0.4 is 10.6 Å². The highest BCUT2D eigenvalue weighted by atomic mass is 16.4. The largest absolute Gasteiger partial charge is 0.480 e. The number of carboxylic acids is 1. The van der Waals surface area contributed by atoms with Gasteiger partial charge in [-0.1, -0.05) is 27.2 Å². The third kappa shape index (κ3) is 6.28. The van der Waals surface area contributed by atoms with Gasteiger partial charge in [0.15, 0.2) is 0 Å². The van der Waals surface area contributed by atoms with Crippen LogP contribution in [0.2, 0.25) is 0 Å². The van der Waals surface area contributed by atoms with Gasteiger partial charge in [-0.05, 0) is 25.7 Å². The Labute approximate surface area is 182 Å². The first kappa shape index (κ1) is 24.4. The maximum Gasteiger partial charge on any atom is 0.325 e. The van der Waals surface area contributed by atoms with Crippen LogP contribution in [0, 0.1) is 11.8 Å². The highest BCUT2D eigenvalue weighted by molar-refractivity contribution is 5.94. The number of carbonyl (C=O) groups is 4. The molecule has 0 aliphatic carbocycles. The Morgan fingerprint density at radius 1 is 1.26 bits per heavy atom. The van der Waals surface area contributed by atoms with Gasteiger partial charge in [0.25, 0.3) is 0 Å². The molecule has 1 aromatic heterocycles. The van der Waals surface area contributed by atoms with Gasteiger partial charge >= 0.3 is 5.97 Å². The number of aromatic amines is 1. The molecule has 1 aliphatic heterocycles. The number of H-pyrrole nitrogens is 1. The molecule has 0 spiro atoms. The maximum absolute atomic E-state index is 13.4. The topological polar surface area (TPSA) is 144 Å². The van der Waals surface area contributed by atoms with Gasteiger partial charge in [0, 0.05) is 30.8 Å². The van der Waals surface area contributed by atoms with Crippen molar-refractivity contribution in [2.75, 3.05) is 6.54 Å². The number of aromatic nitrogens is 2. The van der Waals surface area contributed by atoms with Crippen molar-refractivity contribution in [1.29, 1.82) is 0 Å². The summed E-state index contributed by atoms with van der Waals surface area (Å²) in [6, 6.07) is -2.67. The summed E-state index contributed by atoms with van der Waals surface area (Å²) < 4.78 is 0. The SMILES string of the molecule is CCC(C)[C@H](C)C(=O)N[C@@H](Cc1cnc[nH]1)C(=O)N1CCC[C@H]1C(=O)N[C@H](C)C(=O)O. The van der Waals surface area contributed by atoms with Crippen molar-refractivity contribution in [3.8, 4) is 0 Å². The van der Waals surface area contributed by atoms with Crippen LogP contribution >= 0.6 is 0 Å². The zero-order chi connectivity index (χ0) is 23.1. The van der Waals surface area contributed by atoms with Gasteiger partial charge in [-0.25, -0.2) is 4.98 Å². The highest BCUT2D eigenvalue weighted by Gasteiger charge is 2.39. The number of carboxylic acid groups (broad SMARTS) is 1. The number of hydrogen-bond donors (Lipinski definition) is 4. The molecule has 1 saturated heterocycles. The summed E-state index contributed by atoms with van der Waals surface area (Å²) >= 11 is 0. The van der Waals surface area contributed by atoms with E-state index in [1.807, 2.05) is 20.8 Å². The third-order valence-electron chi connectivity index (χ3n) is 6.07. The van der Waals surface area contributed by atoms with Crippen LogP contribution in [0.1, 0.15) is 52.7 Å². The number of carbonyl (C=O) groups excluding carboxylic acids is 3. The Kier molecular flexibility index (Phi) is 8.58. The fraction of sp³-hybridized carbons (Fsp3) is 0.667. The standard InChI is InChI=1S/C21H33N5O5/c1-5-12(2)13(3)18(27)25-16(9-15-10-22-11-23-15)20(29)26-8-6-7-17(26)19(28)24-14(4)21(30)31/h10-14,16-17H,5-9H2,1-4H3,(H,22,23)(H,24,28)(H,25,27)(H,30,31)/t12?,13-,14+,16-,17-/m0/s1. The van der Waals surface area contributed by atoms with Crippen molar-refractivity contribution in [3.05, 3.63) is 18.2 Å². The molecular weight excluding hydrogens is 402 g/mol. The Morgan fingerprint density at radius 3 is 2.55 bits per heavy atom. The molecule has 1 aliphatic rings. The van der Waals surface area contributed by atoms with E-state index in [1.54, 1.807) is 6.20 Å². The molecule has 1 fully saturated rings. The van der Waals surface area contributed by atoms with E-state index >= 15 is 0 Å². The summed E-state index contributed by atoms with van der Waals surface area (Å²) in [5.41, 5.74) is 0.689. The number of amides is 3. The van der Waals surface area contributed by atoms with Gasteiger partial charge in [0.2, 0.25) is 17.7 Å². The van der Waals surface area contributed by atoms with E-state index in [4.69, 9.17) is 5.11 Å². The molecule has 0 aromatic carbocycles. The summed E-state index contributed by atoms with van der Waals surface area (Å²) in [5.74, 6) is -2.33. The maximum atomic E-state index is 13.4. The Bertz CT molecular complexity index is 781. The molecule has 0 radical (unpaired) electrons. The lowest BCUT2D eigenvalue weighted by atomic mass is 9.92. The summed E-state index contributed by atoms with van der Waals surface area (Å²) in [4.78, 5) is 58.2. The Hall–Kier alpha value is -2.91. The summed E-state index contributed by atoms with van der Waals surface area (Å²) in [5, 5.41) is 14.3. The first-order chi connectivity index (χ1) is 14.6. The molecule has 0 saturated carbocycles. The second-order valence-electron chi connectivity index (χ2n) is 8.27. The first-order valence-electron chi connectivity index (χ1n) is 10.8. The van der Waals surface area contributed by atoms with E-state index in [0.717, 1.165) is 6.42 Å². The molecule has 1 aromatic rings. The predicted molar refractivity (Wildman–Crippen MR) is 113 cm³/mol. The van der Waals surface area contributed by atoms with Crippen LogP contribution in [-0.2, 0) is 25.6 Å². The summed E-state index contributed by atoms with van der Waals surface area (Å²) in [7, 11) is 0. The van der Waals surface area contributed by atoms with E-state index in [-0.39, 0.29) is 30.1 Å². The van der Waals surface area contributed by atoms with Gasteiger partial charge in [-0.3, -0.25) is 19.2 Å². The minimum Gasteiger partial charge on any atom is -0.480 e. The number of likely N-dealkylation sites (tertiary alicyclic amines) is 1. The lowest BCUT2D eigenvalue weighted by Crippen LogP contribution is -2.56. The van der Waals surface area contributed by atoms with Crippen LogP contribution in [0.25, 0.3) is 0 Å². The van der Waals surface area contributed by atoms with E-state index in [0.29, 0.717) is 25.1 Å². The van der Waals surface area contributed by atoms with Crippen LogP contribution in [-0.4, -0.2) is 68.3 Å². The lowest BCUT2D eigenvalue weighted by molar-refractivity contribution is -0.144. The molecule has 31 heavy (non-hydrogen) atoms. The molecule has 10 heteroatoms. The third-order valence-corrected chi connectivity index (χ3v) is 6.07. The van der Waals surface area contributed by atoms with Crippen LogP contribution in [0.15, 0.2) is 12.5 Å². The zero-order valence-corrected chi connectivity index (χ0v) is 18.6.